The molecule has 2 unspecified atom stereocenters. The van der Waals surface area contributed by atoms with Gasteiger partial charge in [-0.2, -0.15) is 0 Å². The molecule has 0 saturated carbocycles. The molecule has 2 rings (SSSR count). The molecule has 1 N–H and O–H groups in total. The lowest BCUT2D eigenvalue weighted by molar-refractivity contribution is -0.125. The van der Waals surface area contributed by atoms with Gasteiger partial charge in [0, 0.05) is 12.0 Å². The number of hydrogen-bond acceptors (Lipinski definition) is 5. The number of carbonyl (C=O) groups is 1. The largest absolute Gasteiger partial charge is 0.493 e. The van der Waals surface area contributed by atoms with Crippen LogP contribution in [0.3, 0.4) is 0 Å². The minimum absolute atomic E-state index is 0.0435. The van der Waals surface area contributed by atoms with Gasteiger partial charge in [-0.1, -0.05) is 13.0 Å². The third kappa shape index (κ3) is 4.60. The second kappa shape index (κ2) is 7.21. The number of ether oxygens (including phenoxy) is 2. The first-order chi connectivity index (χ1) is 10.8. The Labute approximate surface area is 137 Å². The summed E-state index contributed by atoms with van der Waals surface area (Å²) in [6, 6.07) is 5.29. The van der Waals surface area contributed by atoms with E-state index in [2.05, 4.69) is 5.32 Å². The normalized spacial score (nSPS) is 20.7. The molecule has 1 aromatic rings. The molecule has 1 aliphatic heterocycles. The molecule has 0 aliphatic carbocycles. The van der Waals surface area contributed by atoms with E-state index in [1.165, 1.54) is 0 Å². The van der Waals surface area contributed by atoms with Crippen molar-refractivity contribution in [3.05, 3.63) is 23.8 Å². The molecule has 7 heteroatoms. The van der Waals surface area contributed by atoms with Crippen molar-refractivity contribution in [1.82, 2.24) is 5.32 Å². The molecule has 0 spiro atoms. The predicted molar refractivity (Wildman–Crippen MR) is 87.6 cm³/mol. The zero-order valence-electron chi connectivity index (χ0n) is 13.7. The number of benzene rings is 1. The summed E-state index contributed by atoms with van der Waals surface area (Å²) in [5.41, 5.74) is 0.962. The number of carbonyl (C=O) groups excluding carboxylic acids is 1. The standard InChI is InChI=1S/C16H23NO5S/c1-11(16(18)17-13-6-7-23(19,20)10-13)8-12-4-5-14(21-2)15(9-12)22-3/h4-5,9,11,13H,6-8,10H2,1-3H3,(H,17,18). The minimum atomic E-state index is -2.99. The van der Waals surface area contributed by atoms with Gasteiger partial charge >= 0.3 is 0 Å². The summed E-state index contributed by atoms with van der Waals surface area (Å²) in [7, 11) is 0.153. The van der Waals surface area contributed by atoms with Gasteiger partial charge in [0.05, 0.1) is 25.7 Å². The van der Waals surface area contributed by atoms with Crippen molar-refractivity contribution >= 4 is 15.7 Å². The van der Waals surface area contributed by atoms with E-state index >= 15 is 0 Å². The van der Waals surface area contributed by atoms with Crippen molar-refractivity contribution in [3.8, 4) is 11.5 Å². The SMILES string of the molecule is COc1ccc(CC(C)C(=O)NC2CCS(=O)(=O)C2)cc1OC. The van der Waals surface area contributed by atoms with Gasteiger partial charge in [-0.25, -0.2) is 8.42 Å². The van der Waals surface area contributed by atoms with Gasteiger partial charge in [0.1, 0.15) is 0 Å². The number of nitrogens with one attached hydrogen (secondary N) is 1. The molecule has 0 bridgehead atoms. The van der Waals surface area contributed by atoms with Gasteiger partial charge in [-0.05, 0) is 30.5 Å². The number of rotatable bonds is 6. The van der Waals surface area contributed by atoms with Gasteiger partial charge in [-0.3, -0.25) is 4.79 Å². The van der Waals surface area contributed by atoms with Crippen LogP contribution in [0, 0.1) is 5.92 Å². The maximum atomic E-state index is 12.2. The minimum Gasteiger partial charge on any atom is -0.493 e. The predicted octanol–water partition coefficient (Wildman–Crippen LogP) is 1.19. The second-order valence-electron chi connectivity index (χ2n) is 5.90. The Kier molecular flexibility index (Phi) is 5.51. The first-order valence-electron chi connectivity index (χ1n) is 7.56. The fraction of sp³-hybridized carbons (Fsp3) is 0.562. The van der Waals surface area contributed by atoms with Crippen LogP contribution in [0.1, 0.15) is 18.9 Å². The summed E-state index contributed by atoms with van der Waals surface area (Å²) in [5.74, 6) is 1.09. The lowest BCUT2D eigenvalue weighted by Gasteiger charge is -2.16. The smallest absolute Gasteiger partial charge is 0.223 e. The quantitative estimate of drug-likeness (QED) is 0.840. The van der Waals surface area contributed by atoms with E-state index in [1.54, 1.807) is 14.2 Å². The van der Waals surface area contributed by atoms with E-state index in [-0.39, 0.29) is 29.4 Å². The van der Waals surface area contributed by atoms with Crippen molar-refractivity contribution in [1.29, 1.82) is 0 Å². The Morgan fingerprint density at radius 2 is 2.00 bits per heavy atom. The molecular weight excluding hydrogens is 318 g/mol. The third-order valence-electron chi connectivity index (χ3n) is 4.02. The molecular formula is C16H23NO5S. The number of methoxy groups -OCH3 is 2. The lowest BCUT2D eigenvalue weighted by Crippen LogP contribution is -2.39. The van der Waals surface area contributed by atoms with E-state index in [4.69, 9.17) is 9.47 Å². The molecule has 128 valence electrons. The van der Waals surface area contributed by atoms with Crippen LogP contribution < -0.4 is 14.8 Å². The highest BCUT2D eigenvalue weighted by Crippen LogP contribution is 2.28. The second-order valence-corrected chi connectivity index (χ2v) is 8.13. The van der Waals surface area contributed by atoms with Crippen molar-refractivity contribution in [2.24, 2.45) is 5.92 Å². The topological polar surface area (TPSA) is 81.7 Å². The molecule has 23 heavy (non-hydrogen) atoms. The highest BCUT2D eigenvalue weighted by molar-refractivity contribution is 7.91. The van der Waals surface area contributed by atoms with Gasteiger partial charge in [0.25, 0.3) is 0 Å². The van der Waals surface area contributed by atoms with Crippen LogP contribution in [-0.2, 0) is 21.1 Å². The monoisotopic (exact) mass is 341 g/mol. The maximum Gasteiger partial charge on any atom is 0.223 e. The molecule has 1 aliphatic rings. The summed E-state index contributed by atoms with van der Waals surface area (Å²) >= 11 is 0. The molecule has 0 aromatic heterocycles. The van der Waals surface area contributed by atoms with Crippen LogP contribution in [0.4, 0.5) is 0 Å². The van der Waals surface area contributed by atoms with Crippen LogP contribution in [0.25, 0.3) is 0 Å². The summed E-state index contributed by atoms with van der Waals surface area (Å²) in [5, 5.41) is 2.83. The molecule has 6 nitrogen and oxygen atoms in total. The van der Waals surface area contributed by atoms with Crippen molar-refractivity contribution in [3.63, 3.8) is 0 Å². The maximum absolute atomic E-state index is 12.2. The fourth-order valence-corrected chi connectivity index (χ4v) is 4.38. The molecule has 1 fully saturated rings. The lowest BCUT2D eigenvalue weighted by atomic mass is 9.99. The average molecular weight is 341 g/mol. The van der Waals surface area contributed by atoms with Gasteiger partial charge < -0.3 is 14.8 Å². The highest BCUT2D eigenvalue weighted by atomic mass is 32.2. The van der Waals surface area contributed by atoms with Gasteiger partial charge in [0.15, 0.2) is 21.3 Å². The summed E-state index contributed by atoms with van der Waals surface area (Å²) < 4.78 is 33.3. The van der Waals surface area contributed by atoms with Crippen LogP contribution >= 0.6 is 0 Å². The van der Waals surface area contributed by atoms with Crippen molar-refractivity contribution in [2.45, 2.75) is 25.8 Å². The molecule has 1 saturated heterocycles. The Bertz CT molecular complexity index is 671. The summed E-state index contributed by atoms with van der Waals surface area (Å²) in [6.07, 6.45) is 1.04. The Morgan fingerprint density at radius 1 is 1.30 bits per heavy atom. The van der Waals surface area contributed by atoms with Crippen LogP contribution in [0.15, 0.2) is 18.2 Å². The number of amides is 1. The first kappa shape index (κ1) is 17.6. The number of sulfone groups is 1. The highest BCUT2D eigenvalue weighted by Gasteiger charge is 2.29. The van der Waals surface area contributed by atoms with E-state index < -0.39 is 9.84 Å². The number of hydrogen-bond donors (Lipinski definition) is 1. The average Bonchev–Trinajstić information content (AvgIpc) is 2.85. The van der Waals surface area contributed by atoms with Gasteiger partial charge in [-0.15, -0.1) is 0 Å². The van der Waals surface area contributed by atoms with E-state index in [0.717, 1.165) is 5.56 Å². The van der Waals surface area contributed by atoms with E-state index in [0.29, 0.717) is 24.3 Å². The first-order valence-corrected chi connectivity index (χ1v) is 9.38. The third-order valence-corrected chi connectivity index (χ3v) is 5.78. The molecule has 2 atom stereocenters. The van der Waals surface area contributed by atoms with Crippen molar-refractivity contribution in [2.75, 3.05) is 25.7 Å². The Morgan fingerprint density at radius 3 is 2.57 bits per heavy atom. The Hall–Kier alpha value is -1.76. The Balaban J connectivity index is 1.96. The van der Waals surface area contributed by atoms with Crippen molar-refractivity contribution < 1.29 is 22.7 Å². The van der Waals surface area contributed by atoms with Crippen LogP contribution in [-0.4, -0.2) is 46.1 Å². The van der Waals surface area contributed by atoms with Gasteiger partial charge in [0.2, 0.25) is 5.91 Å². The summed E-state index contributed by atoms with van der Waals surface area (Å²) in [4.78, 5) is 12.2. The molecule has 1 aromatic carbocycles. The summed E-state index contributed by atoms with van der Waals surface area (Å²) in [6.45, 7) is 1.83. The zero-order valence-corrected chi connectivity index (χ0v) is 14.5. The van der Waals surface area contributed by atoms with Crippen LogP contribution in [0.2, 0.25) is 0 Å². The van der Waals surface area contributed by atoms with E-state index in [1.807, 2.05) is 25.1 Å². The van der Waals surface area contributed by atoms with Crippen LogP contribution in [0.5, 0.6) is 11.5 Å². The molecule has 1 heterocycles. The van der Waals surface area contributed by atoms with E-state index in [9.17, 15) is 13.2 Å². The molecule has 0 radical (unpaired) electrons. The zero-order chi connectivity index (χ0) is 17.0. The molecule has 1 amide bonds. The fourth-order valence-electron chi connectivity index (χ4n) is 2.71.